The summed E-state index contributed by atoms with van der Waals surface area (Å²) in [4.78, 5) is 36.8. The molecular weight excluding hydrogens is 486 g/mol. The number of anilines is 1. The minimum atomic E-state index is -0.429. The smallest absolute Gasteiger partial charge is 0.315 e. The van der Waals surface area contributed by atoms with Crippen LogP contribution in [-0.2, 0) is 11.2 Å². The highest BCUT2D eigenvalue weighted by molar-refractivity contribution is 6.02. The van der Waals surface area contributed by atoms with Gasteiger partial charge < -0.3 is 19.2 Å². The van der Waals surface area contributed by atoms with Crippen molar-refractivity contribution in [3.8, 4) is 11.5 Å². The van der Waals surface area contributed by atoms with Crippen molar-refractivity contribution in [2.24, 2.45) is 5.10 Å². The number of nitrogens with zero attached hydrogens (tertiary/aromatic N) is 1. The van der Waals surface area contributed by atoms with Crippen LogP contribution in [0.4, 0.5) is 5.69 Å². The lowest BCUT2D eigenvalue weighted by atomic mass is 10.1. The third-order valence-electron chi connectivity index (χ3n) is 5.21. The third kappa shape index (κ3) is 7.17. The molecule has 0 fully saturated rings. The summed E-state index contributed by atoms with van der Waals surface area (Å²) in [7, 11) is 0. The molecule has 2 amide bonds. The molecule has 0 saturated carbocycles. The molecule has 4 rings (SSSR count). The van der Waals surface area contributed by atoms with Crippen LogP contribution in [0, 0.1) is 0 Å². The van der Waals surface area contributed by atoms with Crippen LogP contribution in [0.1, 0.15) is 39.0 Å². The van der Waals surface area contributed by atoms with E-state index < -0.39 is 11.9 Å². The Morgan fingerprint density at radius 2 is 1.68 bits per heavy atom. The fourth-order valence-corrected chi connectivity index (χ4v) is 3.41. The van der Waals surface area contributed by atoms with E-state index in [1.54, 1.807) is 54.6 Å². The van der Waals surface area contributed by atoms with Crippen molar-refractivity contribution in [1.29, 1.82) is 0 Å². The summed E-state index contributed by atoms with van der Waals surface area (Å²) in [6.45, 7) is 2.20. The molecule has 0 aliphatic rings. The van der Waals surface area contributed by atoms with Crippen LogP contribution in [-0.4, -0.2) is 30.6 Å². The van der Waals surface area contributed by atoms with Crippen molar-refractivity contribution in [1.82, 2.24) is 5.43 Å². The van der Waals surface area contributed by atoms with Crippen molar-refractivity contribution in [3.63, 3.8) is 0 Å². The van der Waals surface area contributed by atoms with Gasteiger partial charge in [0.2, 0.25) is 0 Å². The number of carbonyl (C=O) groups is 3. The minimum Gasteiger partial charge on any atom is -0.490 e. The van der Waals surface area contributed by atoms with Gasteiger partial charge in [-0.1, -0.05) is 30.3 Å². The van der Waals surface area contributed by atoms with Gasteiger partial charge in [0.15, 0.2) is 17.3 Å². The number of carbonyl (C=O) groups excluding carboxylic acids is 3. The fraction of sp³-hybridized carbons (Fsp3) is 0.103. The topological polar surface area (TPSA) is 119 Å². The van der Waals surface area contributed by atoms with Crippen LogP contribution in [0.3, 0.4) is 0 Å². The molecule has 0 radical (unpaired) electrons. The van der Waals surface area contributed by atoms with E-state index in [0.717, 1.165) is 5.56 Å². The Morgan fingerprint density at radius 1 is 0.895 bits per heavy atom. The van der Waals surface area contributed by atoms with Gasteiger partial charge in [-0.05, 0) is 72.6 Å². The summed E-state index contributed by atoms with van der Waals surface area (Å²) in [5.41, 5.74) is 4.81. The summed E-state index contributed by atoms with van der Waals surface area (Å²) in [5, 5.41) is 6.68. The number of furan rings is 1. The molecule has 0 spiro atoms. The predicted molar refractivity (Wildman–Crippen MR) is 142 cm³/mol. The highest BCUT2D eigenvalue weighted by Crippen LogP contribution is 2.28. The molecule has 3 aromatic carbocycles. The van der Waals surface area contributed by atoms with Crippen LogP contribution < -0.4 is 20.2 Å². The SMILES string of the molecule is CCOc1cc(/C=N\NC(=O)c2ccc(NC(=O)c3ccco3)cc2)ccc1OC(=O)Cc1ccccc1. The van der Waals surface area contributed by atoms with Gasteiger partial charge in [-0.25, -0.2) is 5.43 Å². The molecule has 1 heterocycles. The Kier molecular flexibility index (Phi) is 8.64. The van der Waals surface area contributed by atoms with E-state index in [2.05, 4.69) is 15.8 Å². The van der Waals surface area contributed by atoms with Gasteiger partial charge in [-0.3, -0.25) is 14.4 Å². The normalized spacial score (nSPS) is 10.7. The maximum Gasteiger partial charge on any atom is 0.315 e. The molecule has 0 unspecified atom stereocenters. The van der Waals surface area contributed by atoms with Gasteiger partial charge in [-0.15, -0.1) is 0 Å². The first-order chi connectivity index (χ1) is 18.5. The Morgan fingerprint density at radius 3 is 2.39 bits per heavy atom. The molecule has 2 N–H and O–H groups in total. The maximum atomic E-state index is 12.4. The monoisotopic (exact) mass is 511 g/mol. The van der Waals surface area contributed by atoms with Crippen molar-refractivity contribution in [2.75, 3.05) is 11.9 Å². The van der Waals surface area contributed by atoms with E-state index >= 15 is 0 Å². The second kappa shape index (κ2) is 12.7. The van der Waals surface area contributed by atoms with Crippen molar-refractivity contribution < 1.29 is 28.3 Å². The molecule has 0 bridgehead atoms. The van der Waals surface area contributed by atoms with Crippen LogP contribution in [0.5, 0.6) is 11.5 Å². The molecule has 1 aromatic heterocycles. The van der Waals surface area contributed by atoms with E-state index in [0.29, 0.717) is 34.9 Å². The van der Waals surface area contributed by atoms with Crippen LogP contribution >= 0.6 is 0 Å². The lowest BCUT2D eigenvalue weighted by Crippen LogP contribution is -2.18. The summed E-state index contributed by atoms with van der Waals surface area (Å²) in [6.07, 6.45) is 3.00. The van der Waals surface area contributed by atoms with Crippen molar-refractivity contribution >= 4 is 29.7 Å². The summed E-state index contributed by atoms with van der Waals surface area (Å²) >= 11 is 0. The first-order valence-corrected chi connectivity index (χ1v) is 11.8. The number of ether oxygens (including phenoxy) is 2. The number of benzene rings is 3. The van der Waals surface area contributed by atoms with Gasteiger partial charge in [0.25, 0.3) is 11.8 Å². The average molecular weight is 512 g/mol. The summed E-state index contributed by atoms with van der Waals surface area (Å²) < 4.78 is 16.2. The molecule has 192 valence electrons. The van der Waals surface area contributed by atoms with E-state index in [1.807, 2.05) is 37.3 Å². The Balaban J connectivity index is 1.33. The van der Waals surface area contributed by atoms with Crippen molar-refractivity contribution in [3.05, 3.63) is 114 Å². The molecule has 0 saturated heterocycles. The second-order valence-corrected chi connectivity index (χ2v) is 7.98. The summed E-state index contributed by atoms with van der Waals surface area (Å²) in [5.74, 6) is -0.351. The Hall–Kier alpha value is -5.18. The van der Waals surface area contributed by atoms with Gasteiger partial charge >= 0.3 is 5.97 Å². The molecule has 0 aliphatic carbocycles. The lowest BCUT2D eigenvalue weighted by Gasteiger charge is -2.11. The maximum absolute atomic E-state index is 12.4. The van der Waals surface area contributed by atoms with E-state index in [-0.39, 0.29) is 18.1 Å². The number of hydrazone groups is 1. The number of rotatable bonds is 10. The Labute approximate surface area is 219 Å². The average Bonchev–Trinajstić information content (AvgIpc) is 3.47. The Bertz CT molecular complexity index is 1410. The zero-order valence-electron chi connectivity index (χ0n) is 20.5. The minimum absolute atomic E-state index is 0.138. The largest absolute Gasteiger partial charge is 0.490 e. The van der Waals surface area contributed by atoms with Gasteiger partial charge in [0.05, 0.1) is 25.5 Å². The first kappa shape index (κ1) is 25.9. The number of hydrogen-bond donors (Lipinski definition) is 2. The molecule has 38 heavy (non-hydrogen) atoms. The number of amides is 2. The quantitative estimate of drug-likeness (QED) is 0.136. The van der Waals surface area contributed by atoms with Crippen LogP contribution in [0.25, 0.3) is 0 Å². The number of hydrogen-bond acceptors (Lipinski definition) is 7. The zero-order chi connectivity index (χ0) is 26.7. The number of esters is 1. The molecule has 0 aliphatic heterocycles. The van der Waals surface area contributed by atoms with E-state index in [4.69, 9.17) is 13.9 Å². The molecular formula is C29H25N3O6. The second-order valence-electron chi connectivity index (χ2n) is 7.98. The van der Waals surface area contributed by atoms with Gasteiger partial charge in [0, 0.05) is 11.3 Å². The highest BCUT2D eigenvalue weighted by atomic mass is 16.6. The van der Waals surface area contributed by atoms with Crippen LogP contribution in [0.2, 0.25) is 0 Å². The van der Waals surface area contributed by atoms with E-state index in [1.165, 1.54) is 12.5 Å². The van der Waals surface area contributed by atoms with Gasteiger partial charge in [0.1, 0.15) is 0 Å². The lowest BCUT2D eigenvalue weighted by molar-refractivity contribution is -0.133. The molecule has 9 heteroatoms. The standard InChI is InChI=1S/C29H25N3O6/c1-2-36-26-17-21(10-15-24(26)38-27(33)18-20-7-4-3-5-8-20)19-30-32-28(34)22-11-13-23(14-12-22)31-29(35)25-9-6-16-37-25/h3-17,19H,2,18H2,1H3,(H,31,35)(H,32,34)/b30-19-. The first-order valence-electron chi connectivity index (χ1n) is 11.8. The molecule has 4 aromatic rings. The summed E-state index contributed by atoms with van der Waals surface area (Å²) in [6, 6.07) is 23.8. The molecule has 0 atom stereocenters. The highest BCUT2D eigenvalue weighted by Gasteiger charge is 2.13. The third-order valence-corrected chi connectivity index (χ3v) is 5.21. The van der Waals surface area contributed by atoms with Crippen LogP contribution in [0.15, 0.2) is 101 Å². The predicted octanol–water partition coefficient (Wildman–Crippen LogP) is 4.84. The molecule has 9 nitrogen and oxygen atoms in total. The van der Waals surface area contributed by atoms with Crippen molar-refractivity contribution in [2.45, 2.75) is 13.3 Å². The number of nitrogens with one attached hydrogen (secondary N) is 2. The van der Waals surface area contributed by atoms with Gasteiger partial charge in [-0.2, -0.15) is 5.10 Å². The zero-order valence-corrected chi connectivity index (χ0v) is 20.5. The van der Waals surface area contributed by atoms with E-state index in [9.17, 15) is 14.4 Å². The fourth-order valence-electron chi connectivity index (χ4n) is 3.41.